The van der Waals surface area contributed by atoms with E-state index in [1.165, 1.54) is 0 Å². The molecule has 0 amide bonds. The summed E-state index contributed by atoms with van der Waals surface area (Å²) in [6, 6.07) is 13.4. The third kappa shape index (κ3) is 2.74. The van der Waals surface area contributed by atoms with Gasteiger partial charge in [-0.05, 0) is 47.9 Å². The van der Waals surface area contributed by atoms with Crippen molar-refractivity contribution in [2.45, 2.75) is 13.0 Å². The van der Waals surface area contributed by atoms with Gasteiger partial charge >= 0.3 is 0 Å². The number of methoxy groups -OCH3 is 1. The van der Waals surface area contributed by atoms with Crippen LogP contribution in [0.2, 0.25) is 0 Å². The average Bonchev–Trinajstić information content (AvgIpc) is 2.37. The summed E-state index contributed by atoms with van der Waals surface area (Å²) in [5.41, 5.74) is 2.79. The maximum Gasteiger partial charge on any atom is 0.119 e. The van der Waals surface area contributed by atoms with Gasteiger partial charge in [0.15, 0.2) is 0 Å². The van der Waals surface area contributed by atoms with Crippen LogP contribution in [0.15, 0.2) is 46.9 Å². The maximum atomic E-state index is 10.4. The van der Waals surface area contributed by atoms with Crippen molar-refractivity contribution in [2.24, 2.45) is 0 Å². The maximum absolute atomic E-state index is 10.4. The Morgan fingerprint density at radius 3 is 2.56 bits per heavy atom. The van der Waals surface area contributed by atoms with Crippen molar-refractivity contribution in [2.75, 3.05) is 7.11 Å². The molecule has 3 heteroatoms. The molecular formula is C15H15BrO2. The summed E-state index contributed by atoms with van der Waals surface area (Å²) in [4.78, 5) is 0. The summed E-state index contributed by atoms with van der Waals surface area (Å²) < 4.78 is 6.13. The van der Waals surface area contributed by atoms with E-state index in [4.69, 9.17) is 4.74 Å². The van der Waals surface area contributed by atoms with E-state index in [0.717, 1.165) is 26.9 Å². The lowest BCUT2D eigenvalue weighted by Crippen LogP contribution is -2.02. The molecule has 0 saturated heterocycles. The first-order valence-electron chi connectivity index (χ1n) is 5.70. The van der Waals surface area contributed by atoms with Gasteiger partial charge in [0.25, 0.3) is 0 Å². The number of hydrogen-bond donors (Lipinski definition) is 1. The van der Waals surface area contributed by atoms with Gasteiger partial charge in [0.2, 0.25) is 0 Å². The molecule has 0 saturated carbocycles. The fourth-order valence-corrected chi connectivity index (χ4v) is 2.36. The van der Waals surface area contributed by atoms with Crippen LogP contribution in [0.5, 0.6) is 5.75 Å². The first kappa shape index (κ1) is 13.1. The molecule has 0 aliphatic heterocycles. The predicted octanol–water partition coefficient (Wildman–Crippen LogP) is 3.85. The van der Waals surface area contributed by atoms with Crippen LogP contribution in [-0.4, -0.2) is 12.2 Å². The van der Waals surface area contributed by atoms with Gasteiger partial charge in [-0.25, -0.2) is 0 Å². The fraction of sp³-hybridized carbons (Fsp3) is 0.200. The number of hydrogen-bond acceptors (Lipinski definition) is 2. The lowest BCUT2D eigenvalue weighted by Gasteiger charge is -2.15. The average molecular weight is 307 g/mol. The Balaban J connectivity index is 2.37. The van der Waals surface area contributed by atoms with Gasteiger partial charge in [-0.1, -0.05) is 34.1 Å². The number of ether oxygens (including phenoxy) is 1. The lowest BCUT2D eigenvalue weighted by molar-refractivity contribution is 0.219. The molecule has 1 atom stereocenters. The van der Waals surface area contributed by atoms with Crippen molar-refractivity contribution < 1.29 is 9.84 Å². The minimum atomic E-state index is -0.617. The molecule has 0 aliphatic rings. The Morgan fingerprint density at radius 2 is 1.94 bits per heavy atom. The predicted molar refractivity (Wildman–Crippen MR) is 75.9 cm³/mol. The van der Waals surface area contributed by atoms with Crippen LogP contribution in [0.25, 0.3) is 0 Å². The van der Waals surface area contributed by atoms with Crippen molar-refractivity contribution in [3.05, 3.63) is 63.6 Å². The van der Waals surface area contributed by atoms with E-state index in [1.54, 1.807) is 7.11 Å². The molecular weight excluding hydrogens is 292 g/mol. The Kier molecular flexibility index (Phi) is 4.04. The molecule has 2 aromatic rings. The molecule has 2 nitrogen and oxygen atoms in total. The Hall–Kier alpha value is -1.32. The van der Waals surface area contributed by atoms with E-state index in [2.05, 4.69) is 15.9 Å². The van der Waals surface area contributed by atoms with E-state index in [0.29, 0.717) is 0 Å². The number of aliphatic hydroxyl groups excluding tert-OH is 1. The molecule has 0 heterocycles. The zero-order valence-corrected chi connectivity index (χ0v) is 11.9. The molecule has 1 N–H and O–H groups in total. The van der Waals surface area contributed by atoms with E-state index >= 15 is 0 Å². The summed E-state index contributed by atoms with van der Waals surface area (Å²) in [5, 5.41) is 10.4. The first-order chi connectivity index (χ1) is 8.61. The largest absolute Gasteiger partial charge is 0.497 e. The SMILES string of the molecule is COc1ccc([C@H](O)c2cccc(Br)c2)c(C)c1. The highest BCUT2D eigenvalue weighted by molar-refractivity contribution is 9.10. The molecule has 0 spiro atoms. The minimum Gasteiger partial charge on any atom is -0.497 e. The highest BCUT2D eigenvalue weighted by Gasteiger charge is 2.13. The third-order valence-corrected chi connectivity index (χ3v) is 3.43. The topological polar surface area (TPSA) is 29.5 Å². The second-order valence-electron chi connectivity index (χ2n) is 4.18. The van der Waals surface area contributed by atoms with E-state index in [1.807, 2.05) is 49.4 Å². The van der Waals surface area contributed by atoms with Crippen molar-refractivity contribution in [1.82, 2.24) is 0 Å². The summed E-state index contributed by atoms with van der Waals surface area (Å²) in [6.45, 7) is 1.97. The number of benzene rings is 2. The normalized spacial score (nSPS) is 12.2. The van der Waals surface area contributed by atoms with Crippen molar-refractivity contribution >= 4 is 15.9 Å². The first-order valence-corrected chi connectivity index (χ1v) is 6.49. The number of rotatable bonds is 3. The summed E-state index contributed by atoms with van der Waals surface area (Å²) >= 11 is 3.41. The number of aliphatic hydroxyl groups is 1. The molecule has 0 aromatic heterocycles. The second kappa shape index (κ2) is 5.55. The van der Waals surface area contributed by atoms with Gasteiger partial charge in [-0.2, -0.15) is 0 Å². The Morgan fingerprint density at radius 1 is 1.17 bits per heavy atom. The summed E-state index contributed by atoms with van der Waals surface area (Å²) in [6.07, 6.45) is -0.617. The van der Waals surface area contributed by atoms with Crippen LogP contribution in [0, 0.1) is 6.92 Å². The molecule has 0 bridgehead atoms. The molecule has 2 aromatic carbocycles. The van der Waals surface area contributed by atoms with Crippen molar-refractivity contribution in [3.63, 3.8) is 0 Å². The third-order valence-electron chi connectivity index (χ3n) is 2.94. The van der Waals surface area contributed by atoms with Crippen molar-refractivity contribution in [1.29, 1.82) is 0 Å². The molecule has 18 heavy (non-hydrogen) atoms. The van der Waals surface area contributed by atoms with Crippen LogP contribution in [0.1, 0.15) is 22.8 Å². The second-order valence-corrected chi connectivity index (χ2v) is 5.10. The van der Waals surface area contributed by atoms with Crippen LogP contribution >= 0.6 is 15.9 Å². The molecule has 0 aliphatic carbocycles. The monoisotopic (exact) mass is 306 g/mol. The van der Waals surface area contributed by atoms with Gasteiger partial charge in [0.1, 0.15) is 11.9 Å². The van der Waals surface area contributed by atoms with E-state index < -0.39 is 6.10 Å². The Bertz CT molecular complexity index is 552. The van der Waals surface area contributed by atoms with Gasteiger partial charge in [0, 0.05) is 4.47 Å². The quantitative estimate of drug-likeness (QED) is 0.933. The Labute approximate surface area is 115 Å². The van der Waals surface area contributed by atoms with Crippen LogP contribution < -0.4 is 4.74 Å². The van der Waals surface area contributed by atoms with Crippen LogP contribution in [0.4, 0.5) is 0 Å². The lowest BCUT2D eigenvalue weighted by atomic mass is 9.97. The standard InChI is InChI=1S/C15H15BrO2/c1-10-8-13(18-2)6-7-14(10)15(17)11-4-3-5-12(16)9-11/h3-9,15,17H,1-2H3/t15-/m1/s1. The molecule has 0 fully saturated rings. The minimum absolute atomic E-state index is 0.617. The molecule has 94 valence electrons. The van der Waals surface area contributed by atoms with Crippen LogP contribution in [-0.2, 0) is 0 Å². The zero-order valence-electron chi connectivity index (χ0n) is 10.4. The number of halogens is 1. The highest BCUT2D eigenvalue weighted by atomic mass is 79.9. The highest BCUT2D eigenvalue weighted by Crippen LogP contribution is 2.28. The van der Waals surface area contributed by atoms with Gasteiger partial charge in [-0.15, -0.1) is 0 Å². The summed E-state index contributed by atoms with van der Waals surface area (Å²) in [5.74, 6) is 0.803. The van der Waals surface area contributed by atoms with E-state index in [-0.39, 0.29) is 0 Å². The smallest absolute Gasteiger partial charge is 0.119 e. The molecule has 0 unspecified atom stereocenters. The number of aryl methyl sites for hydroxylation is 1. The zero-order chi connectivity index (χ0) is 13.1. The van der Waals surface area contributed by atoms with E-state index in [9.17, 15) is 5.11 Å². The van der Waals surface area contributed by atoms with Gasteiger partial charge in [-0.3, -0.25) is 0 Å². The van der Waals surface area contributed by atoms with Crippen LogP contribution in [0.3, 0.4) is 0 Å². The molecule has 0 radical (unpaired) electrons. The van der Waals surface area contributed by atoms with Gasteiger partial charge < -0.3 is 9.84 Å². The van der Waals surface area contributed by atoms with Gasteiger partial charge in [0.05, 0.1) is 7.11 Å². The van der Waals surface area contributed by atoms with Crippen molar-refractivity contribution in [3.8, 4) is 5.75 Å². The summed E-state index contributed by atoms with van der Waals surface area (Å²) in [7, 11) is 1.64. The fourth-order valence-electron chi connectivity index (χ4n) is 1.94. The molecule has 2 rings (SSSR count).